The van der Waals surface area contributed by atoms with Gasteiger partial charge in [0.05, 0.1) is 0 Å². The van der Waals surface area contributed by atoms with E-state index in [1.807, 2.05) is 0 Å². The largest absolute Gasteiger partial charge is 0.427 e. The molecule has 1 aliphatic heterocycles. The van der Waals surface area contributed by atoms with Gasteiger partial charge in [0, 0.05) is 31.3 Å². The second-order valence-corrected chi connectivity index (χ2v) is 5.01. The number of benzene rings is 1. The maximum atomic E-state index is 12.3. The van der Waals surface area contributed by atoms with Gasteiger partial charge in [-0.05, 0) is 30.2 Å². The van der Waals surface area contributed by atoms with Crippen molar-refractivity contribution in [3.63, 3.8) is 0 Å². The number of fused-ring (bicyclic) bond motifs is 3. The standard InChI is InChI=1S/C15H14N2O4/c1-8(18)17-6-5-11-12-7-10(21-9(2)19)3-4-13(12)16-14(11)15(17)20/h3-4,7,16H,5-6H2,1-2H3. The molecule has 2 heterocycles. The van der Waals surface area contributed by atoms with Crippen LogP contribution in [-0.4, -0.2) is 34.2 Å². The Labute approximate surface area is 120 Å². The molecule has 21 heavy (non-hydrogen) atoms. The minimum absolute atomic E-state index is 0.259. The molecule has 2 aromatic rings. The first kappa shape index (κ1) is 13.4. The minimum Gasteiger partial charge on any atom is -0.427 e. The van der Waals surface area contributed by atoms with Crippen molar-refractivity contribution < 1.29 is 19.1 Å². The number of aromatic amines is 1. The molecule has 1 aliphatic rings. The van der Waals surface area contributed by atoms with E-state index in [1.165, 1.54) is 18.7 Å². The van der Waals surface area contributed by atoms with Gasteiger partial charge in [0.15, 0.2) is 0 Å². The van der Waals surface area contributed by atoms with Crippen LogP contribution >= 0.6 is 0 Å². The molecule has 2 amide bonds. The van der Waals surface area contributed by atoms with Gasteiger partial charge in [-0.1, -0.05) is 0 Å². The monoisotopic (exact) mass is 286 g/mol. The molecule has 108 valence electrons. The summed E-state index contributed by atoms with van der Waals surface area (Å²) in [5.74, 6) is -0.519. The summed E-state index contributed by atoms with van der Waals surface area (Å²) in [5, 5.41) is 0.848. The summed E-state index contributed by atoms with van der Waals surface area (Å²) in [6.07, 6.45) is 0.587. The molecular formula is C15H14N2O4. The number of amides is 2. The van der Waals surface area contributed by atoms with Crippen LogP contribution in [-0.2, 0) is 16.0 Å². The molecule has 0 spiro atoms. The third-order valence-corrected chi connectivity index (χ3v) is 3.56. The fourth-order valence-corrected chi connectivity index (χ4v) is 2.66. The quantitative estimate of drug-likeness (QED) is 0.638. The van der Waals surface area contributed by atoms with Crippen molar-refractivity contribution in [3.05, 3.63) is 29.5 Å². The molecular weight excluding hydrogens is 272 g/mol. The zero-order valence-electron chi connectivity index (χ0n) is 11.7. The number of imide groups is 1. The fourth-order valence-electron chi connectivity index (χ4n) is 2.66. The smallest absolute Gasteiger partial charge is 0.308 e. The normalized spacial score (nSPS) is 14.2. The Morgan fingerprint density at radius 2 is 2.05 bits per heavy atom. The van der Waals surface area contributed by atoms with E-state index in [2.05, 4.69) is 4.98 Å². The molecule has 0 saturated carbocycles. The molecule has 1 aromatic carbocycles. The van der Waals surface area contributed by atoms with Crippen molar-refractivity contribution in [1.29, 1.82) is 0 Å². The molecule has 1 N–H and O–H groups in total. The average Bonchev–Trinajstić information content (AvgIpc) is 2.77. The number of carbonyl (C=O) groups excluding carboxylic acids is 3. The lowest BCUT2D eigenvalue weighted by molar-refractivity contribution is -0.132. The van der Waals surface area contributed by atoms with E-state index in [0.717, 1.165) is 16.5 Å². The maximum absolute atomic E-state index is 12.3. The first-order valence-corrected chi connectivity index (χ1v) is 6.63. The van der Waals surface area contributed by atoms with Gasteiger partial charge in [0.25, 0.3) is 5.91 Å². The molecule has 3 rings (SSSR count). The number of esters is 1. The lowest BCUT2D eigenvalue weighted by atomic mass is 10.0. The Bertz CT molecular complexity index is 775. The number of H-pyrrole nitrogens is 1. The van der Waals surface area contributed by atoms with E-state index in [-0.39, 0.29) is 11.8 Å². The summed E-state index contributed by atoms with van der Waals surface area (Å²) >= 11 is 0. The maximum Gasteiger partial charge on any atom is 0.308 e. The van der Waals surface area contributed by atoms with Crippen LogP contribution in [0.15, 0.2) is 18.2 Å². The molecule has 0 aliphatic carbocycles. The highest BCUT2D eigenvalue weighted by molar-refractivity contribution is 6.08. The second kappa shape index (κ2) is 4.73. The van der Waals surface area contributed by atoms with Crippen LogP contribution in [0.3, 0.4) is 0 Å². The molecule has 0 radical (unpaired) electrons. The van der Waals surface area contributed by atoms with Crippen molar-refractivity contribution in [2.75, 3.05) is 6.54 Å². The molecule has 0 saturated heterocycles. The van der Waals surface area contributed by atoms with E-state index in [1.54, 1.807) is 18.2 Å². The Morgan fingerprint density at radius 1 is 1.29 bits per heavy atom. The molecule has 0 bridgehead atoms. The van der Waals surface area contributed by atoms with Crippen molar-refractivity contribution in [2.24, 2.45) is 0 Å². The van der Waals surface area contributed by atoms with Crippen molar-refractivity contribution in [1.82, 2.24) is 9.88 Å². The van der Waals surface area contributed by atoms with Crippen molar-refractivity contribution in [2.45, 2.75) is 20.3 Å². The van der Waals surface area contributed by atoms with Crippen LogP contribution in [0.1, 0.15) is 29.9 Å². The van der Waals surface area contributed by atoms with Crippen LogP contribution in [0.25, 0.3) is 10.9 Å². The van der Waals surface area contributed by atoms with Gasteiger partial charge in [0.1, 0.15) is 11.4 Å². The Hall–Kier alpha value is -2.63. The van der Waals surface area contributed by atoms with E-state index < -0.39 is 5.97 Å². The topological polar surface area (TPSA) is 79.5 Å². The summed E-state index contributed by atoms with van der Waals surface area (Å²) in [6.45, 7) is 3.08. The van der Waals surface area contributed by atoms with E-state index in [0.29, 0.717) is 24.4 Å². The molecule has 6 nitrogen and oxygen atoms in total. The predicted molar refractivity (Wildman–Crippen MR) is 75.0 cm³/mol. The van der Waals surface area contributed by atoms with E-state index in [9.17, 15) is 14.4 Å². The Morgan fingerprint density at radius 3 is 2.71 bits per heavy atom. The minimum atomic E-state index is -0.391. The number of nitrogens with zero attached hydrogens (tertiary/aromatic N) is 1. The van der Waals surface area contributed by atoms with Gasteiger partial charge < -0.3 is 9.72 Å². The highest BCUT2D eigenvalue weighted by Gasteiger charge is 2.30. The lowest BCUT2D eigenvalue weighted by Crippen LogP contribution is -2.40. The first-order valence-electron chi connectivity index (χ1n) is 6.63. The number of aromatic nitrogens is 1. The van der Waals surface area contributed by atoms with E-state index in [4.69, 9.17) is 4.74 Å². The highest BCUT2D eigenvalue weighted by atomic mass is 16.5. The third-order valence-electron chi connectivity index (χ3n) is 3.56. The molecule has 6 heteroatoms. The number of ether oxygens (including phenoxy) is 1. The summed E-state index contributed by atoms with van der Waals surface area (Å²) in [4.78, 5) is 39.0. The Balaban J connectivity index is 2.09. The number of hydrogen-bond acceptors (Lipinski definition) is 4. The molecule has 0 unspecified atom stereocenters. The summed E-state index contributed by atoms with van der Waals surface area (Å²) in [5.41, 5.74) is 2.09. The van der Waals surface area contributed by atoms with E-state index >= 15 is 0 Å². The third kappa shape index (κ3) is 2.18. The van der Waals surface area contributed by atoms with Gasteiger partial charge in [-0.25, -0.2) is 0 Å². The fraction of sp³-hybridized carbons (Fsp3) is 0.267. The summed E-state index contributed by atoms with van der Waals surface area (Å²) in [6, 6.07) is 5.17. The average molecular weight is 286 g/mol. The second-order valence-electron chi connectivity index (χ2n) is 5.01. The first-order chi connectivity index (χ1) is 9.97. The molecule has 1 aromatic heterocycles. The van der Waals surface area contributed by atoms with Crippen molar-refractivity contribution in [3.8, 4) is 5.75 Å². The molecule has 0 fully saturated rings. The lowest BCUT2D eigenvalue weighted by Gasteiger charge is -2.23. The number of carbonyl (C=O) groups is 3. The zero-order valence-corrected chi connectivity index (χ0v) is 11.7. The van der Waals surface area contributed by atoms with Crippen LogP contribution < -0.4 is 4.74 Å². The van der Waals surface area contributed by atoms with Gasteiger partial charge in [-0.15, -0.1) is 0 Å². The summed E-state index contributed by atoms with van der Waals surface area (Å²) in [7, 11) is 0. The molecule has 0 atom stereocenters. The van der Waals surface area contributed by atoms with Crippen LogP contribution in [0.5, 0.6) is 5.75 Å². The van der Waals surface area contributed by atoms with Crippen LogP contribution in [0, 0.1) is 0 Å². The number of nitrogens with one attached hydrogen (secondary N) is 1. The summed E-state index contributed by atoms with van der Waals surface area (Å²) < 4.78 is 5.07. The van der Waals surface area contributed by atoms with Crippen LogP contribution in [0.2, 0.25) is 0 Å². The zero-order chi connectivity index (χ0) is 15.1. The Kier molecular flexibility index (Phi) is 3.01. The van der Waals surface area contributed by atoms with Gasteiger partial charge in [-0.2, -0.15) is 0 Å². The predicted octanol–water partition coefficient (Wildman–Crippen LogP) is 1.64. The van der Waals surface area contributed by atoms with Gasteiger partial charge in [-0.3, -0.25) is 19.3 Å². The number of hydrogen-bond donors (Lipinski definition) is 1. The van der Waals surface area contributed by atoms with Crippen molar-refractivity contribution >= 4 is 28.7 Å². The highest BCUT2D eigenvalue weighted by Crippen LogP contribution is 2.30. The van der Waals surface area contributed by atoms with Gasteiger partial charge >= 0.3 is 5.97 Å². The van der Waals surface area contributed by atoms with Gasteiger partial charge in [0.2, 0.25) is 5.91 Å². The number of rotatable bonds is 1. The van der Waals surface area contributed by atoms with Crippen LogP contribution in [0.4, 0.5) is 0 Å². The SMILES string of the molecule is CC(=O)Oc1ccc2[nH]c3c(c2c1)CCN(C(C)=O)C3=O.